The first-order valence-corrected chi connectivity index (χ1v) is 12.6. The van der Waals surface area contributed by atoms with Crippen LogP contribution in [0.4, 0.5) is 4.79 Å². The SMILES string of the molecule is COC(=O)c1csc(-c2cn(S(=O)(=O)c3ccc(C)cc3)c([C@H](C)NC(=O)OC(C)(C)C)n2)n1. The summed E-state index contributed by atoms with van der Waals surface area (Å²) in [6.07, 6.45) is 0.601. The number of hydrogen-bond acceptors (Lipinski definition) is 9. The third-order valence-electron chi connectivity index (χ3n) is 4.52. The molecule has 0 saturated heterocycles. The van der Waals surface area contributed by atoms with Crippen molar-refractivity contribution in [2.45, 2.75) is 51.2 Å². The number of carbonyl (C=O) groups is 2. The smallest absolute Gasteiger partial charge is 0.408 e. The van der Waals surface area contributed by atoms with Crippen molar-refractivity contribution in [3.63, 3.8) is 0 Å². The molecule has 10 nitrogen and oxygen atoms in total. The van der Waals surface area contributed by atoms with Gasteiger partial charge in [-0.15, -0.1) is 11.3 Å². The van der Waals surface area contributed by atoms with Crippen LogP contribution in [0.3, 0.4) is 0 Å². The fourth-order valence-electron chi connectivity index (χ4n) is 2.92. The quantitative estimate of drug-likeness (QED) is 0.498. The number of ether oxygens (including phenoxy) is 2. The molecule has 34 heavy (non-hydrogen) atoms. The molecule has 0 unspecified atom stereocenters. The van der Waals surface area contributed by atoms with E-state index in [0.29, 0.717) is 5.01 Å². The lowest BCUT2D eigenvalue weighted by atomic mass is 10.2. The normalized spacial score (nSPS) is 12.8. The Morgan fingerprint density at radius 2 is 1.79 bits per heavy atom. The molecule has 0 saturated carbocycles. The lowest BCUT2D eigenvalue weighted by Crippen LogP contribution is -2.35. The van der Waals surface area contributed by atoms with Gasteiger partial charge in [0.25, 0.3) is 10.0 Å². The number of rotatable bonds is 6. The number of aromatic nitrogens is 3. The predicted octanol–water partition coefficient (Wildman–Crippen LogP) is 3.92. The number of alkyl carbamates (subject to hydrolysis) is 1. The van der Waals surface area contributed by atoms with Crippen molar-refractivity contribution in [1.29, 1.82) is 0 Å². The molecule has 0 fully saturated rings. The minimum Gasteiger partial charge on any atom is -0.464 e. The molecule has 0 spiro atoms. The highest BCUT2D eigenvalue weighted by Crippen LogP contribution is 2.28. The first-order valence-electron chi connectivity index (χ1n) is 10.3. The zero-order valence-electron chi connectivity index (χ0n) is 19.6. The van der Waals surface area contributed by atoms with Gasteiger partial charge in [-0.25, -0.2) is 31.9 Å². The number of amides is 1. The maximum absolute atomic E-state index is 13.5. The van der Waals surface area contributed by atoms with E-state index in [0.717, 1.165) is 20.9 Å². The Hall–Kier alpha value is -3.25. The highest BCUT2D eigenvalue weighted by atomic mass is 32.2. The number of carbonyl (C=O) groups excluding carboxylic acids is 2. The number of nitrogens with zero attached hydrogens (tertiary/aromatic N) is 3. The standard InChI is InChI=1S/C22H26N4O6S2/c1-13-7-9-15(10-8-13)34(29,30)26-11-16(19-25-17(12-33-19)20(27)31-6)24-18(26)14(2)23-21(28)32-22(3,4)5/h7-12,14H,1-6H3,(H,23,28)/t14-/m0/s1. The predicted molar refractivity (Wildman–Crippen MR) is 126 cm³/mol. The number of thiazole rings is 1. The molecule has 2 heterocycles. The highest BCUT2D eigenvalue weighted by Gasteiger charge is 2.28. The van der Waals surface area contributed by atoms with Gasteiger partial charge in [0.2, 0.25) is 0 Å². The minimum atomic E-state index is -4.06. The van der Waals surface area contributed by atoms with Crippen molar-refractivity contribution in [3.05, 3.63) is 52.9 Å². The Labute approximate surface area is 202 Å². The van der Waals surface area contributed by atoms with Crippen molar-refractivity contribution < 1.29 is 27.5 Å². The number of aryl methyl sites for hydroxylation is 1. The molecule has 1 amide bonds. The molecule has 3 aromatic rings. The number of methoxy groups -OCH3 is 1. The van der Waals surface area contributed by atoms with Gasteiger partial charge in [0.1, 0.15) is 22.1 Å². The second-order valence-corrected chi connectivity index (χ2v) is 11.2. The van der Waals surface area contributed by atoms with Crippen molar-refractivity contribution in [1.82, 2.24) is 19.3 Å². The summed E-state index contributed by atoms with van der Waals surface area (Å²) in [5.41, 5.74) is 0.482. The van der Waals surface area contributed by atoms with Crippen LogP contribution in [0.5, 0.6) is 0 Å². The van der Waals surface area contributed by atoms with E-state index in [4.69, 9.17) is 4.74 Å². The van der Waals surface area contributed by atoms with E-state index >= 15 is 0 Å². The van der Waals surface area contributed by atoms with Gasteiger partial charge in [0, 0.05) is 5.38 Å². The molecule has 2 aromatic heterocycles. The third kappa shape index (κ3) is 5.62. The van der Waals surface area contributed by atoms with Crippen LogP contribution in [0, 0.1) is 6.92 Å². The lowest BCUT2D eigenvalue weighted by molar-refractivity contribution is 0.0504. The zero-order valence-corrected chi connectivity index (χ0v) is 21.3. The molecule has 1 aromatic carbocycles. The van der Waals surface area contributed by atoms with E-state index in [1.54, 1.807) is 39.8 Å². The van der Waals surface area contributed by atoms with Crippen LogP contribution in [0.15, 0.2) is 40.7 Å². The van der Waals surface area contributed by atoms with Crippen LogP contribution in [0.25, 0.3) is 10.7 Å². The number of esters is 1. The van der Waals surface area contributed by atoms with Crippen molar-refractivity contribution in [3.8, 4) is 10.7 Å². The summed E-state index contributed by atoms with van der Waals surface area (Å²) < 4.78 is 37.9. The first kappa shape index (κ1) is 25.4. The molecular weight excluding hydrogens is 480 g/mol. The Balaban J connectivity index is 2.07. The lowest BCUT2D eigenvalue weighted by Gasteiger charge is -2.22. The first-order chi connectivity index (χ1) is 15.8. The number of benzene rings is 1. The van der Waals surface area contributed by atoms with E-state index in [1.807, 2.05) is 6.92 Å². The summed E-state index contributed by atoms with van der Waals surface area (Å²) in [5, 5.41) is 4.44. The Kier molecular flexibility index (Phi) is 7.13. The number of nitrogens with one attached hydrogen (secondary N) is 1. The van der Waals surface area contributed by atoms with E-state index in [1.165, 1.54) is 30.8 Å². The van der Waals surface area contributed by atoms with Gasteiger partial charge in [-0.1, -0.05) is 17.7 Å². The van der Waals surface area contributed by atoms with E-state index in [2.05, 4.69) is 20.0 Å². The van der Waals surface area contributed by atoms with Gasteiger partial charge in [0.05, 0.1) is 24.2 Å². The molecule has 0 aliphatic heterocycles. The Bertz CT molecular complexity index is 1300. The van der Waals surface area contributed by atoms with Crippen molar-refractivity contribution >= 4 is 33.4 Å². The molecule has 0 radical (unpaired) electrons. The second-order valence-electron chi connectivity index (χ2n) is 8.50. The molecule has 1 N–H and O–H groups in total. The molecular formula is C22H26N4O6S2. The Morgan fingerprint density at radius 3 is 2.38 bits per heavy atom. The summed E-state index contributed by atoms with van der Waals surface area (Å²) in [6, 6.07) is 5.55. The van der Waals surface area contributed by atoms with Gasteiger partial charge < -0.3 is 14.8 Å². The summed E-state index contributed by atoms with van der Waals surface area (Å²) >= 11 is 1.12. The molecule has 182 valence electrons. The number of hydrogen-bond donors (Lipinski definition) is 1. The van der Waals surface area contributed by atoms with E-state index < -0.39 is 33.7 Å². The topological polar surface area (TPSA) is 129 Å². The molecule has 3 rings (SSSR count). The minimum absolute atomic E-state index is 0.0521. The largest absolute Gasteiger partial charge is 0.464 e. The summed E-state index contributed by atoms with van der Waals surface area (Å²) in [6.45, 7) is 8.61. The van der Waals surface area contributed by atoms with Gasteiger partial charge in [-0.05, 0) is 46.8 Å². The number of imidazole rings is 1. The zero-order chi connectivity index (χ0) is 25.3. The second kappa shape index (κ2) is 9.55. The maximum Gasteiger partial charge on any atom is 0.408 e. The fraction of sp³-hybridized carbons (Fsp3) is 0.364. The van der Waals surface area contributed by atoms with Crippen LogP contribution in [0.2, 0.25) is 0 Å². The maximum atomic E-state index is 13.5. The molecule has 0 aliphatic rings. The third-order valence-corrected chi connectivity index (χ3v) is 7.06. The van der Waals surface area contributed by atoms with Crippen molar-refractivity contribution in [2.75, 3.05) is 7.11 Å². The monoisotopic (exact) mass is 506 g/mol. The van der Waals surface area contributed by atoms with Crippen LogP contribution >= 0.6 is 11.3 Å². The van der Waals surface area contributed by atoms with Gasteiger partial charge in [-0.3, -0.25) is 0 Å². The molecule has 0 aliphatic carbocycles. The molecule has 1 atom stereocenters. The highest BCUT2D eigenvalue weighted by molar-refractivity contribution is 7.90. The van der Waals surface area contributed by atoms with E-state index in [-0.39, 0.29) is 22.1 Å². The van der Waals surface area contributed by atoms with Gasteiger partial charge >= 0.3 is 12.1 Å². The summed E-state index contributed by atoms with van der Waals surface area (Å²) in [4.78, 5) is 32.8. The van der Waals surface area contributed by atoms with Crippen LogP contribution < -0.4 is 5.32 Å². The average Bonchev–Trinajstić information content (AvgIpc) is 3.40. The average molecular weight is 507 g/mol. The van der Waals surface area contributed by atoms with Crippen LogP contribution in [0.1, 0.15) is 55.6 Å². The fourth-order valence-corrected chi connectivity index (χ4v) is 5.06. The molecule has 12 heteroatoms. The van der Waals surface area contributed by atoms with Gasteiger partial charge in [-0.2, -0.15) is 0 Å². The Morgan fingerprint density at radius 1 is 1.15 bits per heavy atom. The summed E-state index contributed by atoms with van der Waals surface area (Å²) in [5.74, 6) is -0.564. The van der Waals surface area contributed by atoms with Crippen LogP contribution in [-0.2, 0) is 19.5 Å². The van der Waals surface area contributed by atoms with Crippen LogP contribution in [-0.4, -0.2) is 47.1 Å². The van der Waals surface area contributed by atoms with Crippen molar-refractivity contribution in [2.24, 2.45) is 0 Å². The summed E-state index contributed by atoms with van der Waals surface area (Å²) in [7, 11) is -2.81. The van der Waals surface area contributed by atoms with E-state index in [9.17, 15) is 18.0 Å². The molecule has 0 bridgehead atoms. The van der Waals surface area contributed by atoms with Gasteiger partial charge in [0.15, 0.2) is 5.69 Å².